The van der Waals surface area contributed by atoms with Crippen molar-refractivity contribution in [3.05, 3.63) is 59.9 Å². The Morgan fingerprint density at radius 2 is 1.85 bits per heavy atom. The van der Waals surface area contributed by atoms with Gasteiger partial charge in [-0.1, -0.05) is 42.4 Å². The molecule has 0 saturated carbocycles. The number of hydrogen-bond acceptors (Lipinski definition) is 6. The lowest BCUT2D eigenvalue weighted by molar-refractivity contribution is -0.118. The van der Waals surface area contributed by atoms with Gasteiger partial charge in [-0.25, -0.2) is 4.39 Å². The number of rotatable bonds is 9. The van der Waals surface area contributed by atoms with Crippen LogP contribution < -0.4 is 10.1 Å². The van der Waals surface area contributed by atoms with Gasteiger partial charge in [-0.05, 0) is 55.8 Å². The van der Waals surface area contributed by atoms with E-state index in [4.69, 9.17) is 4.74 Å². The second-order valence-corrected chi connectivity index (χ2v) is 9.27. The zero-order valence-electron chi connectivity index (χ0n) is 19.5. The van der Waals surface area contributed by atoms with E-state index < -0.39 is 0 Å². The Labute approximate surface area is 203 Å². The Kier molecular flexibility index (Phi) is 8.18. The summed E-state index contributed by atoms with van der Waals surface area (Å²) in [5, 5.41) is 11.9. The summed E-state index contributed by atoms with van der Waals surface area (Å²) >= 11 is 1.29. The van der Waals surface area contributed by atoms with E-state index in [1.807, 2.05) is 12.1 Å². The van der Waals surface area contributed by atoms with Crippen molar-refractivity contribution in [2.75, 3.05) is 32.5 Å². The van der Waals surface area contributed by atoms with E-state index >= 15 is 0 Å². The van der Waals surface area contributed by atoms with Crippen molar-refractivity contribution in [2.24, 2.45) is 7.05 Å². The van der Waals surface area contributed by atoms with Crippen molar-refractivity contribution in [3.8, 4) is 17.1 Å². The smallest absolute Gasteiger partial charge is 0.230 e. The van der Waals surface area contributed by atoms with Gasteiger partial charge >= 0.3 is 0 Å². The maximum Gasteiger partial charge on any atom is 0.230 e. The highest BCUT2D eigenvalue weighted by molar-refractivity contribution is 7.99. The van der Waals surface area contributed by atoms with E-state index in [-0.39, 0.29) is 23.5 Å². The van der Waals surface area contributed by atoms with E-state index in [1.54, 1.807) is 36.9 Å². The van der Waals surface area contributed by atoms with Crippen molar-refractivity contribution >= 4 is 17.7 Å². The Balaban J connectivity index is 1.37. The van der Waals surface area contributed by atoms with Gasteiger partial charge in [0.05, 0.1) is 24.5 Å². The zero-order chi connectivity index (χ0) is 23.9. The molecule has 180 valence electrons. The third kappa shape index (κ3) is 5.77. The van der Waals surface area contributed by atoms with Crippen LogP contribution in [0.1, 0.15) is 30.9 Å². The molecule has 1 aromatic heterocycles. The van der Waals surface area contributed by atoms with Crippen LogP contribution in [0.4, 0.5) is 4.39 Å². The molecule has 1 atom stereocenters. The standard InChI is InChI=1S/C25H30FN5O2S/c1-30-24(20-8-4-5-9-21(20)26)28-29-25(30)34-17-23(32)27-16-22(31-14-6-3-7-15-31)18-10-12-19(33-2)13-11-18/h4-5,8-13,22H,3,6-7,14-17H2,1-2H3,(H,27,32)/t22-/m0/s1. The van der Waals surface area contributed by atoms with Crippen LogP contribution >= 0.6 is 11.8 Å². The summed E-state index contributed by atoms with van der Waals surface area (Å²) in [6.07, 6.45) is 3.60. The number of amides is 1. The van der Waals surface area contributed by atoms with Gasteiger partial charge in [0.2, 0.25) is 5.91 Å². The Hall–Kier alpha value is -2.91. The molecule has 3 aromatic rings. The van der Waals surface area contributed by atoms with E-state index in [2.05, 4.69) is 32.5 Å². The molecular weight excluding hydrogens is 453 g/mol. The molecule has 0 bridgehead atoms. The molecule has 0 aliphatic carbocycles. The third-order valence-electron chi connectivity index (χ3n) is 6.11. The quantitative estimate of drug-likeness (QED) is 0.463. The molecule has 0 spiro atoms. The fourth-order valence-electron chi connectivity index (χ4n) is 4.22. The molecule has 1 amide bonds. The van der Waals surface area contributed by atoms with Gasteiger partial charge in [0.25, 0.3) is 0 Å². The van der Waals surface area contributed by atoms with Gasteiger partial charge in [0, 0.05) is 13.6 Å². The van der Waals surface area contributed by atoms with Crippen molar-refractivity contribution in [1.29, 1.82) is 0 Å². The minimum Gasteiger partial charge on any atom is -0.497 e. The average Bonchev–Trinajstić information content (AvgIpc) is 3.24. The van der Waals surface area contributed by atoms with Crippen LogP contribution in [0.3, 0.4) is 0 Å². The van der Waals surface area contributed by atoms with Gasteiger partial charge in [-0.15, -0.1) is 10.2 Å². The summed E-state index contributed by atoms with van der Waals surface area (Å²) < 4.78 is 21.1. The molecular formula is C25H30FN5O2S. The molecule has 2 heterocycles. The normalized spacial score (nSPS) is 15.1. The number of nitrogens with one attached hydrogen (secondary N) is 1. The van der Waals surface area contributed by atoms with Gasteiger partial charge in [-0.2, -0.15) is 0 Å². The number of thioether (sulfide) groups is 1. The molecule has 7 nitrogen and oxygen atoms in total. The number of aromatic nitrogens is 3. The molecule has 1 fully saturated rings. The fraction of sp³-hybridized carbons (Fsp3) is 0.400. The van der Waals surface area contributed by atoms with Crippen molar-refractivity contribution < 1.29 is 13.9 Å². The number of ether oxygens (including phenoxy) is 1. The van der Waals surface area contributed by atoms with Crippen LogP contribution in [0.2, 0.25) is 0 Å². The highest BCUT2D eigenvalue weighted by Gasteiger charge is 2.23. The van der Waals surface area contributed by atoms with Crippen molar-refractivity contribution in [2.45, 2.75) is 30.5 Å². The number of piperidine rings is 1. The number of likely N-dealkylation sites (tertiary alicyclic amines) is 1. The number of benzene rings is 2. The zero-order valence-corrected chi connectivity index (χ0v) is 20.4. The van der Waals surface area contributed by atoms with Crippen LogP contribution in [0, 0.1) is 5.82 Å². The van der Waals surface area contributed by atoms with E-state index in [0.29, 0.717) is 23.1 Å². The minimum absolute atomic E-state index is 0.0732. The number of carbonyl (C=O) groups is 1. The van der Waals surface area contributed by atoms with Crippen LogP contribution in [0.5, 0.6) is 5.75 Å². The van der Waals surface area contributed by atoms with E-state index in [9.17, 15) is 9.18 Å². The highest BCUT2D eigenvalue weighted by atomic mass is 32.2. The van der Waals surface area contributed by atoms with Crippen LogP contribution in [0.25, 0.3) is 11.4 Å². The second kappa shape index (κ2) is 11.5. The Morgan fingerprint density at radius 3 is 2.56 bits per heavy atom. The van der Waals surface area contributed by atoms with Crippen LogP contribution in [-0.4, -0.2) is 58.1 Å². The summed E-state index contributed by atoms with van der Waals surface area (Å²) in [6, 6.07) is 14.6. The lowest BCUT2D eigenvalue weighted by atomic mass is 10.0. The SMILES string of the molecule is COc1ccc([C@H](CNC(=O)CSc2nnc(-c3ccccc3F)n2C)N2CCCCC2)cc1. The molecule has 1 aliphatic rings. The Morgan fingerprint density at radius 1 is 1.12 bits per heavy atom. The lowest BCUT2D eigenvalue weighted by Crippen LogP contribution is -2.41. The maximum atomic E-state index is 14.1. The molecule has 0 unspecified atom stereocenters. The third-order valence-corrected chi connectivity index (χ3v) is 7.13. The number of nitrogens with zero attached hydrogens (tertiary/aromatic N) is 4. The first-order chi connectivity index (χ1) is 16.6. The van der Waals surface area contributed by atoms with Crippen LogP contribution in [-0.2, 0) is 11.8 Å². The number of methoxy groups -OCH3 is 1. The topological polar surface area (TPSA) is 72.3 Å². The van der Waals surface area contributed by atoms with E-state index in [0.717, 1.165) is 18.8 Å². The van der Waals surface area contributed by atoms with Crippen molar-refractivity contribution in [1.82, 2.24) is 25.0 Å². The molecule has 1 aliphatic heterocycles. The van der Waals surface area contributed by atoms with Gasteiger partial charge in [-0.3, -0.25) is 9.69 Å². The molecule has 1 N–H and O–H groups in total. The monoisotopic (exact) mass is 483 g/mol. The first-order valence-corrected chi connectivity index (χ1v) is 12.5. The lowest BCUT2D eigenvalue weighted by Gasteiger charge is -2.35. The molecule has 9 heteroatoms. The first kappa shape index (κ1) is 24.2. The Bertz CT molecular complexity index is 1100. The van der Waals surface area contributed by atoms with Crippen LogP contribution in [0.15, 0.2) is 53.7 Å². The fourth-order valence-corrected chi connectivity index (χ4v) is 4.96. The number of halogens is 1. The maximum absolute atomic E-state index is 14.1. The average molecular weight is 484 g/mol. The summed E-state index contributed by atoms with van der Waals surface area (Å²) in [5.74, 6) is 1.04. The predicted molar refractivity (Wildman–Crippen MR) is 131 cm³/mol. The largest absolute Gasteiger partial charge is 0.497 e. The summed E-state index contributed by atoms with van der Waals surface area (Å²) in [4.78, 5) is 15.1. The van der Waals surface area contributed by atoms with Gasteiger partial charge < -0.3 is 14.6 Å². The number of carbonyl (C=O) groups excluding carboxylic acids is 1. The van der Waals surface area contributed by atoms with Gasteiger partial charge in [0.15, 0.2) is 11.0 Å². The van der Waals surface area contributed by atoms with E-state index in [1.165, 1.54) is 42.7 Å². The molecule has 2 aromatic carbocycles. The number of hydrogen-bond donors (Lipinski definition) is 1. The van der Waals surface area contributed by atoms with Crippen molar-refractivity contribution in [3.63, 3.8) is 0 Å². The first-order valence-electron chi connectivity index (χ1n) is 11.5. The minimum atomic E-state index is -0.352. The molecule has 1 saturated heterocycles. The molecule has 0 radical (unpaired) electrons. The predicted octanol–water partition coefficient (Wildman–Crippen LogP) is 4.07. The summed E-state index contributed by atoms with van der Waals surface area (Å²) in [7, 11) is 3.43. The highest BCUT2D eigenvalue weighted by Crippen LogP contribution is 2.27. The second-order valence-electron chi connectivity index (χ2n) is 8.32. The summed E-state index contributed by atoms with van der Waals surface area (Å²) in [5.41, 5.74) is 1.55. The van der Waals surface area contributed by atoms with Gasteiger partial charge in [0.1, 0.15) is 11.6 Å². The molecule has 4 rings (SSSR count). The summed E-state index contributed by atoms with van der Waals surface area (Å²) in [6.45, 7) is 2.59. The molecule has 34 heavy (non-hydrogen) atoms.